The van der Waals surface area contributed by atoms with Gasteiger partial charge in [-0.15, -0.1) is 11.5 Å². The molecular weight excluding hydrogens is 455 g/mol. The largest absolute Gasteiger partial charge is 2.00 e. The Kier molecular flexibility index (Phi) is 9.87. The molecule has 5 heteroatoms. The molecule has 0 aliphatic rings. The third kappa shape index (κ3) is 7.72. The van der Waals surface area contributed by atoms with E-state index in [1.165, 1.54) is 11.1 Å². The maximum Gasteiger partial charge on any atom is 2.00 e. The molecule has 4 nitrogen and oxygen atoms in total. The summed E-state index contributed by atoms with van der Waals surface area (Å²) < 4.78 is 0. The number of rotatable bonds is 2. The number of aromatic nitrogens is 1. The van der Waals surface area contributed by atoms with Gasteiger partial charge in [0.15, 0.2) is 0 Å². The Labute approximate surface area is 208 Å². The van der Waals surface area contributed by atoms with E-state index in [1.54, 1.807) is 24.5 Å². The van der Waals surface area contributed by atoms with E-state index in [-0.39, 0.29) is 38.8 Å². The van der Waals surface area contributed by atoms with E-state index in [9.17, 15) is 10.2 Å². The standard InChI is InChI=1S/C14H14N2.C14H22O2.Ni/c1-11-6-5-7-12(2)14(11)16-10-13-8-3-4-9-15-13;1-13(2,3)9-7-8-10(14(4,5)6)12(16)11(9)15;/h3-10H,1-2H3;7-8,15-16H,1-6H3;/q;;+2/p-2. The Morgan fingerprint density at radius 2 is 1.21 bits per heavy atom. The number of aliphatic imine (C=N–C) groups is 1. The molecule has 0 radical (unpaired) electrons. The summed E-state index contributed by atoms with van der Waals surface area (Å²) in [6.45, 7) is 15.8. The Hall–Kier alpha value is -2.65. The normalized spacial score (nSPS) is 11.5. The minimum absolute atomic E-state index is 0. The molecule has 2 aromatic carbocycles. The average Bonchev–Trinajstić information content (AvgIpc) is 2.69. The topological polar surface area (TPSA) is 71.4 Å². The summed E-state index contributed by atoms with van der Waals surface area (Å²) in [6, 6.07) is 15.6. The molecule has 3 rings (SSSR count). The zero-order valence-corrected chi connectivity index (χ0v) is 21.8. The number of aryl methyl sites for hydroxylation is 2. The molecule has 0 unspecified atom stereocenters. The molecule has 0 bridgehead atoms. The van der Waals surface area contributed by atoms with Crippen LogP contribution in [0.2, 0.25) is 0 Å². The van der Waals surface area contributed by atoms with Crippen LogP contribution in [0.1, 0.15) is 69.5 Å². The molecule has 0 saturated carbocycles. The van der Waals surface area contributed by atoms with Gasteiger partial charge in [0, 0.05) is 6.20 Å². The van der Waals surface area contributed by atoms with Gasteiger partial charge in [-0.1, -0.05) is 89.1 Å². The molecule has 0 spiro atoms. The molecule has 0 N–H and O–H groups in total. The van der Waals surface area contributed by atoms with Crippen LogP contribution in [0.15, 0.2) is 59.7 Å². The summed E-state index contributed by atoms with van der Waals surface area (Å²) in [5.41, 5.74) is 4.95. The predicted octanol–water partition coefficient (Wildman–Crippen LogP) is 5.88. The quantitative estimate of drug-likeness (QED) is 0.334. The molecule has 33 heavy (non-hydrogen) atoms. The van der Waals surface area contributed by atoms with Crippen molar-refractivity contribution in [2.75, 3.05) is 0 Å². The maximum atomic E-state index is 12.0. The second kappa shape index (κ2) is 11.5. The Morgan fingerprint density at radius 3 is 1.61 bits per heavy atom. The van der Waals surface area contributed by atoms with E-state index in [0.29, 0.717) is 11.1 Å². The Morgan fingerprint density at radius 1 is 0.727 bits per heavy atom. The Bertz CT molecular complexity index is 1020. The van der Waals surface area contributed by atoms with Crippen LogP contribution >= 0.6 is 0 Å². The molecule has 0 saturated heterocycles. The molecule has 1 aromatic heterocycles. The van der Waals surface area contributed by atoms with Crippen LogP contribution in [0.3, 0.4) is 0 Å². The van der Waals surface area contributed by atoms with Crippen LogP contribution in [0.4, 0.5) is 5.69 Å². The van der Waals surface area contributed by atoms with Gasteiger partial charge < -0.3 is 10.2 Å². The minimum Gasteiger partial charge on any atom is -0.873 e. The van der Waals surface area contributed by atoms with Crippen molar-refractivity contribution in [2.24, 2.45) is 4.99 Å². The monoisotopic (exact) mass is 488 g/mol. The van der Waals surface area contributed by atoms with Crippen LogP contribution in [0.5, 0.6) is 11.5 Å². The third-order valence-electron chi connectivity index (χ3n) is 5.18. The first-order valence-electron chi connectivity index (χ1n) is 10.9. The van der Waals surface area contributed by atoms with Crippen molar-refractivity contribution < 1.29 is 26.7 Å². The second-order valence-corrected chi connectivity index (χ2v) is 10.1. The Balaban J connectivity index is 0.000000320. The van der Waals surface area contributed by atoms with Crippen molar-refractivity contribution in [1.82, 2.24) is 4.98 Å². The van der Waals surface area contributed by atoms with Gasteiger partial charge in [-0.05, 0) is 47.9 Å². The molecule has 1 heterocycles. The zero-order valence-electron chi connectivity index (χ0n) is 20.8. The second-order valence-electron chi connectivity index (χ2n) is 10.1. The van der Waals surface area contributed by atoms with Gasteiger partial charge in [-0.25, -0.2) is 0 Å². The summed E-state index contributed by atoms with van der Waals surface area (Å²) >= 11 is 0. The van der Waals surface area contributed by atoms with E-state index < -0.39 is 0 Å². The molecule has 0 aliphatic heterocycles. The number of para-hydroxylation sites is 1. The van der Waals surface area contributed by atoms with Crippen LogP contribution in [-0.2, 0) is 27.3 Å². The van der Waals surface area contributed by atoms with Gasteiger partial charge in [-0.2, -0.15) is 0 Å². The van der Waals surface area contributed by atoms with Crippen LogP contribution in [0.25, 0.3) is 0 Å². The molecule has 0 atom stereocenters. The first-order chi connectivity index (χ1) is 14.8. The van der Waals surface area contributed by atoms with E-state index in [2.05, 4.69) is 36.0 Å². The van der Waals surface area contributed by atoms with E-state index >= 15 is 0 Å². The molecule has 0 amide bonds. The molecule has 178 valence electrons. The summed E-state index contributed by atoms with van der Waals surface area (Å²) in [6.07, 6.45) is 3.57. The van der Waals surface area contributed by atoms with Crippen molar-refractivity contribution in [3.8, 4) is 11.5 Å². The molecular formula is C28H34N2NiO2. The first-order valence-corrected chi connectivity index (χ1v) is 10.9. The van der Waals surface area contributed by atoms with Crippen molar-refractivity contribution in [2.45, 2.75) is 66.2 Å². The van der Waals surface area contributed by atoms with Gasteiger partial charge in [0.2, 0.25) is 0 Å². The molecule has 3 aromatic rings. The number of nitrogens with zero attached hydrogens (tertiary/aromatic N) is 2. The van der Waals surface area contributed by atoms with Gasteiger partial charge in [0.05, 0.1) is 17.6 Å². The minimum atomic E-state index is -0.347. The maximum absolute atomic E-state index is 12.0. The van der Waals surface area contributed by atoms with Gasteiger partial charge >= 0.3 is 16.5 Å². The van der Waals surface area contributed by atoms with E-state index in [4.69, 9.17) is 0 Å². The van der Waals surface area contributed by atoms with Gasteiger partial charge in [-0.3, -0.25) is 9.98 Å². The van der Waals surface area contributed by atoms with Crippen molar-refractivity contribution >= 4 is 11.9 Å². The fourth-order valence-corrected chi connectivity index (χ4v) is 3.34. The first kappa shape index (κ1) is 28.4. The fourth-order valence-electron chi connectivity index (χ4n) is 3.34. The van der Waals surface area contributed by atoms with Crippen molar-refractivity contribution in [1.29, 1.82) is 0 Å². The smallest absolute Gasteiger partial charge is 0.873 e. The number of benzene rings is 2. The number of pyridine rings is 1. The van der Waals surface area contributed by atoms with Crippen molar-refractivity contribution in [3.05, 3.63) is 82.7 Å². The number of hydrogen-bond donors (Lipinski definition) is 0. The van der Waals surface area contributed by atoms with Crippen LogP contribution < -0.4 is 10.2 Å². The number of hydrogen-bond acceptors (Lipinski definition) is 4. The average molecular weight is 489 g/mol. The summed E-state index contributed by atoms with van der Waals surface area (Å²) in [7, 11) is 0. The zero-order chi connectivity index (χ0) is 24.1. The third-order valence-corrected chi connectivity index (χ3v) is 5.18. The van der Waals surface area contributed by atoms with Crippen LogP contribution in [-0.4, -0.2) is 11.2 Å². The van der Waals surface area contributed by atoms with Gasteiger partial charge in [0.25, 0.3) is 0 Å². The molecule has 0 fully saturated rings. The summed E-state index contributed by atoms with van der Waals surface area (Å²) in [5.74, 6) is -0.695. The van der Waals surface area contributed by atoms with Crippen LogP contribution in [0, 0.1) is 13.8 Å². The fraction of sp³-hybridized carbons (Fsp3) is 0.357. The van der Waals surface area contributed by atoms with Gasteiger partial charge in [0.1, 0.15) is 0 Å². The van der Waals surface area contributed by atoms with Crippen molar-refractivity contribution in [3.63, 3.8) is 0 Å². The van der Waals surface area contributed by atoms with E-state index in [1.807, 2.05) is 65.8 Å². The predicted molar refractivity (Wildman–Crippen MR) is 130 cm³/mol. The SMILES string of the molecule is CC(C)(C)c1ccc(C(C)(C)C)c([O-])c1[O-].Cc1cccc(C)c1N=Cc1ccccn1.[Ni+2]. The molecule has 0 aliphatic carbocycles. The summed E-state index contributed by atoms with van der Waals surface area (Å²) in [4.78, 5) is 8.69. The van der Waals surface area contributed by atoms with E-state index in [0.717, 1.165) is 11.4 Å². The summed E-state index contributed by atoms with van der Waals surface area (Å²) in [5, 5.41) is 23.9.